The van der Waals surface area contributed by atoms with Crippen molar-refractivity contribution in [1.82, 2.24) is 15.0 Å². The van der Waals surface area contributed by atoms with Crippen LogP contribution in [-0.2, 0) is 4.74 Å². The van der Waals surface area contributed by atoms with Gasteiger partial charge < -0.3 is 19.4 Å². The Labute approximate surface area is 148 Å². The number of hydrogen-bond acceptors (Lipinski definition) is 7. The molecule has 2 fully saturated rings. The average molecular weight is 340 g/mol. The zero-order chi connectivity index (χ0) is 16.9. The first kappa shape index (κ1) is 16.1. The third-order valence-electron chi connectivity index (χ3n) is 4.77. The van der Waals surface area contributed by atoms with Crippen molar-refractivity contribution in [1.29, 1.82) is 0 Å². The summed E-state index contributed by atoms with van der Waals surface area (Å²) in [6.07, 6.45) is 4.63. The van der Waals surface area contributed by atoms with Gasteiger partial charge in [-0.25, -0.2) is 15.0 Å². The Morgan fingerprint density at radius 3 is 2.08 bits per heavy atom. The molecule has 7 nitrogen and oxygen atoms in total. The highest BCUT2D eigenvalue weighted by Crippen LogP contribution is 2.21. The van der Waals surface area contributed by atoms with E-state index >= 15 is 0 Å². The van der Waals surface area contributed by atoms with Crippen molar-refractivity contribution >= 4 is 17.5 Å². The minimum absolute atomic E-state index is 0.766. The van der Waals surface area contributed by atoms with Gasteiger partial charge in [-0.3, -0.25) is 0 Å². The van der Waals surface area contributed by atoms with Gasteiger partial charge in [-0.1, -0.05) is 6.07 Å². The van der Waals surface area contributed by atoms with Gasteiger partial charge in [-0.15, -0.1) is 0 Å². The maximum atomic E-state index is 5.43. The molecule has 4 rings (SSSR count). The predicted octanol–water partition coefficient (Wildman–Crippen LogP) is 1.42. The van der Waals surface area contributed by atoms with Crippen LogP contribution in [0.25, 0.3) is 0 Å². The van der Waals surface area contributed by atoms with Gasteiger partial charge >= 0.3 is 0 Å². The number of rotatable bonds is 3. The Hall–Kier alpha value is -2.41. The van der Waals surface area contributed by atoms with Crippen LogP contribution in [0.2, 0.25) is 0 Å². The summed E-state index contributed by atoms with van der Waals surface area (Å²) in [6.45, 7) is 7.24. The molecule has 0 radical (unpaired) electrons. The molecular formula is C18H24N6O. The molecule has 4 heterocycles. The van der Waals surface area contributed by atoms with Crippen molar-refractivity contribution in [2.75, 3.05) is 67.2 Å². The summed E-state index contributed by atoms with van der Waals surface area (Å²) in [7, 11) is 0. The molecule has 0 amide bonds. The molecule has 0 spiro atoms. The third-order valence-corrected chi connectivity index (χ3v) is 4.77. The van der Waals surface area contributed by atoms with Crippen LogP contribution in [0, 0.1) is 0 Å². The zero-order valence-electron chi connectivity index (χ0n) is 14.4. The van der Waals surface area contributed by atoms with Crippen molar-refractivity contribution in [3.8, 4) is 0 Å². The molecule has 0 aliphatic carbocycles. The average Bonchev–Trinajstić information content (AvgIpc) is 2.96. The molecule has 2 aromatic rings. The van der Waals surface area contributed by atoms with Crippen LogP contribution in [0.15, 0.2) is 36.8 Å². The smallest absolute Gasteiger partial charge is 0.134 e. The first-order chi connectivity index (χ1) is 12.4. The van der Waals surface area contributed by atoms with Gasteiger partial charge in [0.05, 0.1) is 13.2 Å². The van der Waals surface area contributed by atoms with Crippen LogP contribution in [-0.4, -0.2) is 67.4 Å². The van der Waals surface area contributed by atoms with E-state index in [9.17, 15) is 0 Å². The summed E-state index contributed by atoms with van der Waals surface area (Å²) in [5.74, 6) is 3.07. The van der Waals surface area contributed by atoms with Crippen LogP contribution >= 0.6 is 0 Å². The largest absolute Gasteiger partial charge is 0.378 e. The highest BCUT2D eigenvalue weighted by Gasteiger charge is 2.19. The minimum Gasteiger partial charge on any atom is -0.378 e. The van der Waals surface area contributed by atoms with Crippen molar-refractivity contribution in [3.63, 3.8) is 0 Å². The van der Waals surface area contributed by atoms with E-state index in [-0.39, 0.29) is 0 Å². The van der Waals surface area contributed by atoms with E-state index in [1.165, 1.54) is 0 Å². The molecule has 0 unspecified atom stereocenters. The quantitative estimate of drug-likeness (QED) is 0.837. The normalized spacial score (nSPS) is 19.0. The first-order valence-corrected chi connectivity index (χ1v) is 8.96. The number of hydrogen-bond donors (Lipinski definition) is 0. The molecular weight excluding hydrogens is 316 g/mol. The van der Waals surface area contributed by atoms with Gasteiger partial charge in [0.2, 0.25) is 0 Å². The first-order valence-electron chi connectivity index (χ1n) is 8.96. The summed E-state index contributed by atoms with van der Waals surface area (Å²) in [6, 6.07) is 8.20. The van der Waals surface area contributed by atoms with E-state index in [4.69, 9.17) is 4.74 Å². The van der Waals surface area contributed by atoms with E-state index in [1.54, 1.807) is 6.33 Å². The Morgan fingerprint density at radius 1 is 0.720 bits per heavy atom. The van der Waals surface area contributed by atoms with Crippen LogP contribution < -0.4 is 14.7 Å². The Bertz CT molecular complexity index is 676. The number of nitrogens with zero attached hydrogens (tertiary/aromatic N) is 6. The fourth-order valence-corrected chi connectivity index (χ4v) is 3.39. The minimum atomic E-state index is 0.766. The lowest BCUT2D eigenvalue weighted by molar-refractivity contribution is 0.122. The van der Waals surface area contributed by atoms with Gasteiger partial charge in [0, 0.05) is 51.5 Å². The molecule has 2 saturated heterocycles. The van der Waals surface area contributed by atoms with Gasteiger partial charge in [0.1, 0.15) is 23.8 Å². The summed E-state index contributed by atoms with van der Waals surface area (Å²) >= 11 is 0. The molecule has 2 aromatic heterocycles. The third kappa shape index (κ3) is 3.82. The molecule has 0 aromatic carbocycles. The fraction of sp³-hybridized carbons (Fsp3) is 0.500. The second-order valence-electron chi connectivity index (χ2n) is 6.35. The molecule has 2 aliphatic rings. The molecule has 132 valence electrons. The monoisotopic (exact) mass is 340 g/mol. The molecule has 0 atom stereocenters. The zero-order valence-corrected chi connectivity index (χ0v) is 14.4. The molecule has 2 aliphatic heterocycles. The second-order valence-corrected chi connectivity index (χ2v) is 6.35. The van der Waals surface area contributed by atoms with Crippen LogP contribution in [0.3, 0.4) is 0 Å². The topological polar surface area (TPSA) is 57.6 Å². The van der Waals surface area contributed by atoms with Crippen molar-refractivity contribution in [2.24, 2.45) is 0 Å². The number of anilines is 3. The SMILES string of the molecule is c1ccc(N2CCCN(c3cc(N4CCOCC4)ncn3)CC2)nc1. The van der Waals surface area contributed by atoms with E-state index < -0.39 is 0 Å². The van der Waals surface area contributed by atoms with Gasteiger partial charge in [0.15, 0.2) is 0 Å². The Kier molecular flexibility index (Phi) is 4.92. The van der Waals surface area contributed by atoms with E-state index in [2.05, 4.69) is 41.8 Å². The van der Waals surface area contributed by atoms with Crippen LogP contribution in [0.5, 0.6) is 0 Å². The second kappa shape index (κ2) is 7.65. The summed E-state index contributed by atoms with van der Waals surface area (Å²) in [5.41, 5.74) is 0. The van der Waals surface area contributed by atoms with Gasteiger partial charge in [-0.2, -0.15) is 0 Å². The molecule has 7 heteroatoms. The maximum Gasteiger partial charge on any atom is 0.134 e. The number of pyridine rings is 1. The number of aromatic nitrogens is 3. The Morgan fingerprint density at radius 2 is 1.40 bits per heavy atom. The van der Waals surface area contributed by atoms with Crippen molar-refractivity contribution < 1.29 is 4.74 Å². The van der Waals surface area contributed by atoms with Crippen LogP contribution in [0.4, 0.5) is 17.5 Å². The number of ether oxygens (including phenoxy) is 1. The maximum absolute atomic E-state index is 5.43. The molecule has 25 heavy (non-hydrogen) atoms. The van der Waals surface area contributed by atoms with E-state index in [0.29, 0.717) is 0 Å². The summed E-state index contributed by atoms with van der Waals surface area (Å²) in [4.78, 5) is 20.4. The van der Waals surface area contributed by atoms with Gasteiger partial charge in [-0.05, 0) is 18.6 Å². The van der Waals surface area contributed by atoms with Crippen molar-refractivity contribution in [2.45, 2.75) is 6.42 Å². The lowest BCUT2D eigenvalue weighted by Crippen LogP contribution is -2.37. The van der Waals surface area contributed by atoms with Crippen LogP contribution in [0.1, 0.15) is 6.42 Å². The summed E-state index contributed by atoms with van der Waals surface area (Å²) < 4.78 is 5.43. The van der Waals surface area contributed by atoms with Crippen molar-refractivity contribution in [3.05, 3.63) is 36.8 Å². The predicted molar refractivity (Wildman–Crippen MR) is 98.3 cm³/mol. The van der Waals surface area contributed by atoms with Gasteiger partial charge in [0.25, 0.3) is 0 Å². The lowest BCUT2D eigenvalue weighted by atomic mass is 10.3. The standard InChI is InChI=1S/C18H24N6O/c1-2-5-19-16(4-1)22-6-3-7-23(9-8-22)17-14-18(21-15-20-17)24-10-12-25-13-11-24/h1-2,4-5,14-15H,3,6-13H2. The number of morpholine rings is 1. The molecule has 0 saturated carbocycles. The Balaban J connectivity index is 1.45. The fourth-order valence-electron chi connectivity index (χ4n) is 3.39. The van der Waals surface area contributed by atoms with E-state index in [1.807, 2.05) is 18.3 Å². The lowest BCUT2D eigenvalue weighted by Gasteiger charge is -2.29. The summed E-state index contributed by atoms with van der Waals surface area (Å²) in [5, 5.41) is 0. The highest BCUT2D eigenvalue weighted by atomic mass is 16.5. The highest BCUT2D eigenvalue weighted by molar-refractivity contribution is 5.51. The molecule has 0 bridgehead atoms. The van der Waals surface area contributed by atoms with E-state index in [0.717, 1.165) is 76.4 Å². The molecule has 0 N–H and O–H groups in total.